The van der Waals surface area contributed by atoms with Crippen molar-refractivity contribution in [3.05, 3.63) is 34.9 Å². The number of halogens is 1. The molecule has 0 heterocycles. The lowest BCUT2D eigenvalue weighted by molar-refractivity contribution is 0.291. The number of hydrogen-bond acceptors (Lipinski definition) is 1. The quantitative estimate of drug-likeness (QED) is 0.725. The molecule has 0 spiro atoms. The number of rotatable bonds is 4. The van der Waals surface area contributed by atoms with Crippen LogP contribution in [-0.2, 0) is 5.41 Å². The van der Waals surface area contributed by atoms with Crippen molar-refractivity contribution in [2.45, 2.75) is 45.6 Å². The van der Waals surface area contributed by atoms with E-state index in [0.717, 1.165) is 6.42 Å². The molecule has 0 N–H and O–H groups in total. The summed E-state index contributed by atoms with van der Waals surface area (Å²) in [5.74, 6) is 0.696. The second-order valence-electron chi connectivity index (χ2n) is 6.28. The van der Waals surface area contributed by atoms with Crippen LogP contribution in [0.15, 0.2) is 18.2 Å². The Bertz CT molecular complexity index is 391. The van der Waals surface area contributed by atoms with Crippen molar-refractivity contribution in [3.63, 3.8) is 0 Å². The molecule has 2 heteroatoms. The maximum Gasteiger partial charge on any atom is 0.0356 e. The SMILES string of the molecule is Cc1ccc(C(C)(C)C)cc1C(CCCl)N(C)C. The second kappa shape index (κ2) is 6.08. The van der Waals surface area contributed by atoms with Crippen molar-refractivity contribution < 1.29 is 0 Å². The van der Waals surface area contributed by atoms with Gasteiger partial charge in [0.05, 0.1) is 0 Å². The van der Waals surface area contributed by atoms with E-state index in [1.165, 1.54) is 16.7 Å². The van der Waals surface area contributed by atoms with Gasteiger partial charge >= 0.3 is 0 Å². The molecule has 1 rings (SSSR count). The summed E-state index contributed by atoms with van der Waals surface area (Å²) in [5.41, 5.74) is 4.35. The maximum absolute atomic E-state index is 5.95. The summed E-state index contributed by atoms with van der Waals surface area (Å²) in [6, 6.07) is 7.24. The molecule has 1 aromatic rings. The van der Waals surface area contributed by atoms with Crippen LogP contribution in [0.5, 0.6) is 0 Å². The summed E-state index contributed by atoms with van der Waals surface area (Å²) in [4.78, 5) is 2.26. The van der Waals surface area contributed by atoms with Crippen LogP contribution in [0.3, 0.4) is 0 Å². The molecule has 0 saturated heterocycles. The Labute approximate surface area is 117 Å². The lowest BCUT2D eigenvalue weighted by Gasteiger charge is -2.28. The zero-order valence-electron chi connectivity index (χ0n) is 12.5. The Kier molecular flexibility index (Phi) is 5.24. The van der Waals surface area contributed by atoms with Crippen LogP contribution in [0, 0.1) is 6.92 Å². The summed E-state index contributed by atoms with van der Waals surface area (Å²) in [6.45, 7) is 8.96. The molecule has 0 aliphatic heterocycles. The zero-order chi connectivity index (χ0) is 13.9. The third-order valence-electron chi connectivity index (χ3n) is 3.51. The van der Waals surface area contributed by atoms with Crippen molar-refractivity contribution in [3.8, 4) is 0 Å². The molecular formula is C16H26ClN. The second-order valence-corrected chi connectivity index (χ2v) is 6.66. The highest BCUT2D eigenvalue weighted by Crippen LogP contribution is 2.30. The third kappa shape index (κ3) is 3.73. The highest BCUT2D eigenvalue weighted by atomic mass is 35.5. The lowest BCUT2D eigenvalue weighted by Crippen LogP contribution is -2.22. The molecule has 0 amide bonds. The fourth-order valence-electron chi connectivity index (χ4n) is 2.26. The van der Waals surface area contributed by atoms with Gasteiger partial charge in [0.2, 0.25) is 0 Å². The molecule has 0 aromatic heterocycles. The molecule has 1 unspecified atom stereocenters. The fourth-order valence-corrected chi connectivity index (χ4v) is 2.47. The summed E-state index contributed by atoms with van der Waals surface area (Å²) in [7, 11) is 4.25. The molecular weight excluding hydrogens is 242 g/mol. The highest BCUT2D eigenvalue weighted by Gasteiger charge is 2.19. The van der Waals surface area contributed by atoms with E-state index in [2.05, 4.69) is 64.9 Å². The molecule has 0 bridgehead atoms. The molecule has 0 fully saturated rings. The van der Waals surface area contributed by atoms with E-state index < -0.39 is 0 Å². The Hall–Kier alpha value is -0.530. The van der Waals surface area contributed by atoms with Crippen LogP contribution >= 0.6 is 11.6 Å². The van der Waals surface area contributed by atoms with E-state index in [9.17, 15) is 0 Å². The molecule has 102 valence electrons. The average Bonchev–Trinajstić information content (AvgIpc) is 2.25. The van der Waals surface area contributed by atoms with Crippen molar-refractivity contribution in [1.82, 2.24) is 4.90 Å². The van der Waals surface area contributed by atoms with Gasteiger partial charge in [0.25, 0.3) is 0 Å². The van der Waals surface area contributed by atoms with Gasteiger partial charge in [-0.3, -0.25) is 0 Å². The minimum atomic E-state index is 0.195. The first-order valence-corrected chi connectivity index (χ1v) is 7.14. The number of alkyl halides is 1. The molecule has 0 saturated carbocycles. The summed E-state index contributed by atoms with van der Waals surface area (Å²) in [6.07, 6.45) is 0.989. The Morgan fingerprint density at radius 1 is 1.22 bits per heavy atom. The van der Waals surface area contributed by atoms with Gasteiger partial charge < -0.3 is 4.90 Å². The van der Waals surface area contributed by atoms with Crippen molar-refractivity contribution >= 4 is 11.6 Å². The largest absolute Gasteiger partial charge is 0.302 e. The smallest absolute Gasteiger partial charge is 0.0356 e. The van der Waals surface area contributed by atoms with Gasteiger partial charge in [0.1, 0.15) is 0 Å². The van der Waals surface area contributed by atoms with Gasteiger partial charge in [-0.15, -0.1) is 11.6 Å². The van der Waals surface area contributed by atoms with Gasteiger partial charge in [0, 0.05) is 11.9 Å². The van der Waals surface area contributed by atoms with E-state index in [0.29, 0.717) is 11.9 Å². The monoisotopic (exact) mass is 267 g/mol. The molecule has 0 aliphatic carbocycles. The summed E-state index contributed by atoms with van der Waals surface area (Å²) < 4.78 is 0. The number of hydrogen-bond donors (Lipinski definition) is 0. The van der Waals surface area contributed by atoms with Crippen LogP contribution in [0.25, 0.3) is 0 Å². The van der Waals surface area contributed by atoms with E-state index in [-0.39, 0.29) is 5.41 Å². The van der Waals surface area contributed by atoms with Crippen LogP contribution in [-0.4, -0.2) is 24.9 Å². The van der Waals surface area contributed by atoms with E-state index >= 15 is 0 Å². The van der Waals surface area contributed by atoms with Gasteiger partial charge in [-0.05, 0) is 49.5 Å². The lowest BCUT2D eigenvalue weighted by atomic mass is 9.84. The van der Waals surface area contributed by atoms with E-state index in [1.54, 1.807) is 0 Å². The molecule has 18 heavy (non-hydrogen) atoms. The van der Waals surface area contributed by atoms with Gasteiger partial charge in [-0.2, -0.15) is 0 Å². The Morgan fingerprint density at radius 3 is 2.28 bits per heavy atom. The number of nitrogens with zero attached hydrogens (tertiary/aromatic N) is 1. The standard InChI is InChI=1S/C16H26ClN/c1-12-7-8-13(16(2,3)4)11-14(12)15(9-10-17)18(5)6/h7-8,11,15H,9-10H2,1-6H3. The number of aryl methyl sites for hydroxylation is 1. The normalized spacial score (nSPS) is 14.0. The molecule has 0 aliphatic rings. The molecule has 1 atom stereocenters. The Morgan fingerprint density at radius 2 is 1.83 bits per heavy atom. The zero-order valence-corrected chi connectivity index (χ0v) is 13.3. The third-order valence-corrected chi connectivity index (χ3v) is 3.73. The van der Waals surface area contributed by atoms with Crippen molar-refractivity contribution in [2.24, 2.45) is 0 Å². The predicted molar refractivity (Wildman–Crippen MR) is 81.6 cm³/mol. The average molecular weight is 268 g/mol. The Balaban J connectivity index is 3.20. The van der Waals surface area contributed by atoms with Crippen LogP contribution in [0.2, 0.25) is 0 Å². The van der Waals surface area contributed by atoms with Crippen molar-refractivity contribution in [1.29, 1.82) is 0 Å². The van der Waals surface area contributed by atoms with Gasteiger partial charge in [0.15, 0.2) is 0 Å². The first kappa shape index (κ1) is 15.5. The maximum atomic E-state index is 5.95. The van der Waals surface area contributed by atoms with Gasteiger partial charge in [-0.1, -0.05) is 39.0 Å². The topological polar surface area (TPSA) is 3.24 Å². The number of benzene rings is 1. The minimum Gasteiger partial charge on any atom is -0.302 e. The molecule has 1 aromatic carbocycles. The van der Waals surface area contributed by atoms with E-state index in [4.69, 9.17) is 11.6 Å². The molecule has 0 radical (unpaired) electrons. The minimum absolute atomic E-state index is 0.195. The molecule has 1 nitrogen and oxygen atoms in total. The van der Waals surface area contributed by atoms with Crippen molar-refractivity contribution in [2.75, 3.05) is 20.0 Å². The predicted octanol–water partition coefficient (Wildman–Crippen LogP) is 4.52. The fraction of sp³-hybridized carbons (Fsp3) is 0.625. The van der Waals surface area contributed by atoms with Crippen LogP contribution < -0.4 is 0 Å². The first-order chi connectivity index (χ1) is 8.27. The highest BCUT2D eigenvalue weighted by molar-refractivity contribution is 6.17. The van der Waals surface area contributed by atoms with Gasteiger partial charge in [-0.25, -0.2) is 0 Å². The van der Waals surface area contributed by atoms with E-state index in [1.807, 2.05) is 0 Å². The first-order valence-electron chi connectivity index (χ1n) is 6.60. The summed E-state index contributed by atoms with van der Waals surface area (Å²) in [5, 5.41) is 0. The van der Waals surface area contributed by atoms with Crippen LogP contribution in [0.4, 0.5) is 0 Å². The van der Waals surface area contributed by atoms with Crippen LogP contribution in [0.1, 0.15) is 49.9 Å². The summed E-state index contributed by atoms with van der Waals surface area (Å²) >= 11 is 5.95.